The van der Waals surface area contributed by atoms with Crippen LogP contribution in [0.4, 0.5) is 8.78 Å². The summed E-state index contributed by atoms with van der Waals surface area (Å²) >= 11 is 0. The molecule has 0 atom stereocenters. The number of ketones is 1. The van der Waals surface area contributed by atoms with Crippen molar-refractivity contribution in [1.82, 2.24) is 9.97 Å². The van der Waals surface area contributed by atoms with E-state index >= 15 is 0 Å². The number of para-hydroxylation sites is 2. The van der Waals surface area contributed by atoms with Crippen molar-refractivity contribution in [3.05, 3.63) is 95.8 Å². The molecule has 0 amide bonds. The average Bonchev–Trinajstić information content (AvgIpc) is 3.17. The number of benzene rings is 3. The van der Waals surface area contributed by atoms with Gasteiger partial charge in [0.2, 0.25) is 0 Å². The number of rotatable bonds is 6. The molecule has 4 aromatic rings. The Hall–Kier alpha value is -3.80. The molecule has 1 aromatic heterocycles. The minimum Gasteiger partial charge on any atom is -0.435 e. The Balaban J connectivity index is 1.77. The van der Waals surface area contributed by atoms with Gasteiger partial charge in [-0.2, -0.15) is 8.78 Å². The molecule has 0 saturated carbocycles. The number of ether oxygens (including phenoxy) is 1. The van der Waals surface area contributed by atoms with Gasteiger partial charge in [0.1, 0.15) is 11.6 Å². The lowest BCUT2D eigenvalue weighted by atomic mass is 10.0. The number of aromatic amines is 1. The van der Waals surface area contributed by atoms with E-state index < -0.39 is 6.61 Å². The van der Waals surface area contributed by atoms with Crippen LogP contribution in [0.25, 0.3) is 22.7 Å². The third kappa shape index (κ3) is 4.21. The minimum atomic E-state index is -2.89. The van der Waals surface area contributed by atoms with E-state index in [0.29, 0.717) is 22.5 Å². The number of nitrogens with one attached hydrogen (secondary N) is 1. The highest BCUT2D eigenvalue weighted by Crippen LogP contribution is 2.24. The number of allylic oxidation sites excluding steroid dienone is 1. The van der Waals surface area contributed by atoms with Gasteiger partial charge in [0.05, 0.1) is 16.6 Å². The molecule has 0 aliphatic heterocycles. The molecule has 0 saturated heterocycles. The molecule has 4 rings (SSSR count). The van der Waals surface area contributed by atoms with Crippen molar-refractivity contribution < 1.29 is 18.3 Å². The van der Waals surface area contributed by atoms with Gasteiger partial charge >= 0.3 is 6.61 Å². The van der Waals surface area contributed by atoms with Crippen molar-refractivity contribution in [2.75, 3.05) is 0 Å². The summed E-state index contributed by atoms with van der Waals surface area (Å²) in [5, 5.41) is 0. The smallest absolute Gasteiger partial charge is 0.387 e. The van der Waals surface area contributed by atoms with Crippen molar-refractivity contribution in [3.8, 4) is 5.75 Å². The Bertz CT molecular complexity index is 1130. The maximum absolute atomic E-state index is 13.2. The fourth-order valence-electron chi connectivity index (χ4n) is 2.98. The standard InChI is InChI=1S/C23H16F2N2O2/c24-23(25)29-17-12-10-15(11-13-17)14-18(21(28)16-6-2-1-3-7-16)22-26-19-8-4-5-9-20(19)27-22/h1-14,23H,(H,26,27)/b18-14-. The van der Waals surface area contributed by atoms with E-state index in [1.807, 2.05) is 30.3 Å². The van der Waals surface area contributed by atoms with E-state index in [9.17, 15) is 13.6 Å². The molecule has 144 valence electrons. The van der Waals surface area contributed by atoms with Crippen LogP contribution >= 0.6 is 0 Å². The highest BCUT2D eigenvalue weighted by atomic mass is 19.3. The summed E-state index contributed by atoms with van der Waals surface area (Å²) in [7, 11) is 0. The van der Waals surface area contributed by atoms with Crippen molar-refractivity contribution in [2.45, 2.75) is 6.61 Å². The Morgan fingerprint density at radius 1 is 0.931 bits per heavy atom. The SMILES string of the molecule is O=C(/C(=C/c1ccc(OC(F)F)cc1)c1nc2ccccc2[nH]1)c1ccccc1. The van der Waals surface area contributed by atoms with Crippen molar-refractivity contribution in [2.24, 2.45) is 0 Å². The number of nitrogens with zero attached hydrogens (tertiary/aromatic N) is 1. The number of aromatic nitrogens is 2. The molecule has 0 aliphatic rings. The van der Waals surface area contributed by atoms with Crippen LogP contribution in [0, 0.1) is 0 Å². The molecule has 1 N–H and O–H groups in total. The van der Waals surface area contributed by atoms with Crippen LogP contribution in [0.5, 0.6) is 5.75 Å². The third-order valence-corrected chi connectivity index (χ3v) is 4.34. The van der Waals surface area contributed by atoms with Crippen molar-refractivity contribution in [3.63, 3.8) is 0 Å². The van der Waals surface area contributed by atoms with Crippen molar-refractivity contribution in [1.29, 1.82) is 0 Å². The van der Waals surface area contributed by atoms with E-state index in [4.69, 9.17) is 0 Å². The molecule has 0 bridgehead atoms. The van der Waals surface area contributed by atoms with Crippen LogP contribution in [-0.4, -0.2) is 22.4 Å². The molecular weight excluding hydrogens is 374 g/mol. The Morgan fingerprint density at radius 3 is 2.31 bits per heavy atom. The van der Waals surface area contributed by atoms with Crippen LogP contribution in [0.3, 0.4) is 0 Å². The topological polar surface area (TPSA) is 55.0 Å². The average molecular weight is 390 g/mol. The number of carbonyl (C=O) groups excluding carboxylic acids is 1. The first-order chi connectivity index (χ1) is 14.1. The van der Waals surface area contributed by atoms with Gasteiger partial charge < -0.3 is 9.72 Å². The third-order valence-electron chi connectivity index (χ3n) is 4.34. The molecule has 0 radical (unpaired) electrons. The van der Waals surface area contributed by atoms with E-state index in [-0.39, 0.29) is 11.5 Å². The zero-order valence-electron chi connectivity index (χ0n) is 15.2. The van der Waals surface area contributed by atoms with Crippen LogP contribution in [0.15, 0.2) is 78.9 Å². The van der Waals surface area contributed by atoms with E-state index in [0.717, 1.165) is 11.0 Å². The summed E-state index contributed by atoms with van der Waals surface area (Å²) in [4.78, 5) is 20.9. The normalized spacial score (nSPS) is 11.8. The summed E-state index contributed by atoms with van der Waals surface area (Å²) in [6, 6.07) is 22.5. The summed E-state index contributed by atoms with van der Waals surface area (Å²) in [6.45, 7) is -2.89. The first kappa shape index (κ1) is 18.6. The predicted molar refractivity (Wildman–Crippen MR) is 108 cm³/mol. The van der Waals surface area contributed by atoms with Crippen LogP contribution in [0.1, 0.15) is 21.7 Å². The van der Waals surface area contributed by atoms with Crippen LogP contribution in [0.2, 0.25) is 0 Å². The lowest BCUT2D eigenvalue weighted by Gasteiger charge is -2.06. The Morgan fingerprint density at radius 2 is 1.62 bits per heavy atom. The lowest BCUT2D eigenvalue weighted by molar-refractivity contribution is -0.0498. The number of imidazole rings is 1. The molecule has 0 aliphatic carbocycles. The van der Waals surface area contributed by atoms with Gasteiger partial charge in [-0.15, -0.1) is 0 Å². The molecule has 0 spiro atoms. The number of carbonyl (C=O) groups is 1. The molecule has 29 heavy (non-hydrogen) atoms. The Labute approximate surface area is 165 Å². The van der Waals surface area contributed by atoms with Gasteiger partial charge in [0.15, 0.2) is 5.78 Å². The summed E-state index contributed by atoms with van der Waals surface area (Å²) in [5.74, 6) is 0.294. The minimum absolute atomic E-state index is 0.0526. The van der Waals surface area contributed by atoms with Crippen molar-refractivity contribution >= 4 is 28.5 Å². The fraction of sp³-hybridized carbons (Fsp3) is 0.0435. The number of hydrogen-bond donors (Lipinski definition) is 1. The molecule has 0 unspecified atom stereocenters. The van der Waals surface area contributed by atoms with Crippen LogP contribution in [-0.2, 0) is 0 Å². The number of Topliss-reactive ketones (excluding diaryl/α,β-unsaturated/α-hetero) is 1. The molecule has 6 heteroatoms. The zero-order valence-corrected chi connectivity index (χ0v) is 15.2. The molecular formula is C23H16F2N2O2. The number of H-pyrrole nitrogens is 1. The van der Waals surface area contributed by atoms with Gasteiger partial charge in [-0.1, -0.05) is 54.6 Å². The van der Waals surface area contributed by atoms with Gasteiger partial charge in [0.25, 0.3) is 0 Å². The summed E-state index contributed by atoms with van der Waals surface area (Å²) in [6.07, 6.45) is 1.68. The molecule has 4 nitrogen and oxygen atoms in total. The predicted octanol–water partition coefficient (Wildman–Crippen LogP) is 5.59. The highest BCUT2D eigenvalue weighted by Gasteiger charge is 2.18. The van der Waals surface area contributed by atoms with Gasteiger partial charge in [-0.05, 0) is 35.9 Å². The second kappa shape index (κ2) is 8.06. The zero-order chi connectivity index (χ0) is 20.2. The summed E-state index contributed by atoms with van der Waals surface area (Å²) in [5.41, 5.74) is 3.11. The van der Waals surface area contributed by atoms with E-state index in [2.05, 4.69) is 14.7 Å². The van der Waals surface area contributed by atoms with E-state index in [1.165, 1.54) is 12.1 Å². The number of halogens is 2. The van der Waals surface area contributed by atoms with Gasteiger partial charge in [-0.25, -0.2) is 4.98 Å². The molecule has 3 aromatic carbocycles. The number of hydrogen-bond acceptors (Lipinski definition) is 3. The number of alkyl halides is 2. The fourth-order valence-corrected chi connectivity index (χ4v) is 2.98. The summed E-state index contributed by atoms with van der Waals surface area (Å²) < 4.78 is 29.1. The first-order valence-corrected chi connectivity index (χ1v) is 8.91. The first-order valence-electron chi connectivity index (χ1n) is 8.91. The highest BCUT2D eigenvalue weighted by molar-refractivity contribution is 6.31. The molecule has 1 heterocycles. The molecule has 0 fully saturated rings. The maximum atomic E-state index is 13.2. The largest absolute Gasteiger partial charge is 0.435 e. The maximum Gasteiger partial charge on any atom is 0.387 e. The quantitative estimate of drug-likeness (QED) is 0.345. The Kier molecular flexibility index (Phi) is 5.16. The number of fused-ring (bicyclic) bond motifs is 1. The second-order valence-electron chi connectivity index (χ2n) is 6.30. The second-order valence-corrected chi connectivity index (χ2v) is 6.30. The lowest BCUT2D eigenvalue weighted by Crippen LogP contribution is -2.04. The van der Waals surface area contributed by atoms with Gasteiger partial charge in [0, 0.05) is 5.56 Å². The van der Waals surface area contributed by atoms with Gasteiger partial charge in [-0.3, -0.25) is 4.79 Å². The van der Waals surface area contributed by atoms with E-state index in [1.54, 1.807) is 42.5 Å². The van der Waals surface area contributed by atoms with Crippen LogP contribution < -0.4 is 4.74 Å². The monoisotopic (exact) mass is 390 g/mol.